The Morgan fingerprint density at radius 1 is 1.40 bits per heavy atom. The lowest BCUT2D eigenvalue weighted by Gasteiger charge is -2.09. The van der Waals surface area contributed by atoms with Crippen molar-refractivity contribution >= 4 is 10.0 Å². The summed E-state index contributed by atoms with van der Waals surface area (Å²) in [7, 11) is -0.658. The van der Waals surface area contributed by atoms with Gasteiger partial charge in [0.15, 0.2) is 0 Å². The maximum atomic E-state index is 5.41. The molecule has 1 unspecified atom stereocenters. The van der Waals surface area contributed by atoms with Gasteiger partial charge in [0.05, 0.1) is 0 Å². The Morgan fingerprint density at radius 3 is 2.60 bits per heavy atom. The number of hydrogen-bond donors (Lipinski definition) is 0. The Kier molecular flexibility index (Phi) is 7.35. The van der Waals surface area contributed by atoms with Gasteiger partial charge in [-0.1, -0.05) is 13.8 Å². The molecule has 0 rings (SSSR count). The lowest BCUT2D eigenvalue weighted by atomic mass is 10.3. The summed E-state index contributed by atoms with van der Waals surface area (Å²) < 4.78 is 10.7. The van der Waals surface area contributed by atoms with Crippen LogP contribution in [0.25, 0.3) is 0 Å². The van der Waals surface area contributed by atoms with Crippen molar-refractivity contribution < 1.29 is 8.85 Å². The van der Waals surface area contributed by atoms with Crippen LogP contribution >= 0.6 is 0 Å². The van der Waals surface area contributed by atoms with Crippen molar-refractivity contribution in [1.82, 2.24) is 0 Å². The predicted octanol–water partition coefficient (Wildman–Crippen LogP) is 1.23. The van der Waals surface area contributed by atoms with Gasteiger partial charge < -0.3 is 8.85 Å². The maximum Gasteiger partial charge on any atom is 0.304 e. The third-order valence-electron chi connectivity index (χ3n) is 1.36. The van der Waals surface area contributed by atoms with Crippen molar-refractivity contribution in [2.75, 3.05) is 6.61 Å². The molecule has 0 N–H and O–H groups in total. The lowest BCUT2D eigenvalue weighted by Crippen LogP contribution is -2.13. The fourth-order valence-corrected chi connectivity index (χ4v) is 1.46. The van der Waals surface area contributed by atoms with E-state index < -0.39 is 10.0 Å². The van der Waals surface area contributed by atoms with Gasteiger partial charge >= 0.3 is 10.0 Å². The zero-order valence-electron chi connectivity index (χ0n) is 7.22. The van der Waals surface area contributed by atoms with Crippen LogP contribution in [0.3, 0.4) is 0 Å². The molecule has 0 aliphatic heterocycles. The van der Waals surface area contributed by atoms with Crippen molar-refractivity contribution in [3.8, 4) is 0 Å². The van der Waals surface area contributed by atoms with Crippen LogP contribution in [0.15, 0.2) is 0 Å². The smallest absolute Gasteiger partial charge is 0.304 e. The van der Waals surface area contributed by atoms with Crippen LogP contribution in [0.1, 0.15) is 33.6 Å². The van der Waals surface area contributed by atoms with Crippen LogP contribution in [-0.4, -0.2) is 22.7 Å². The molecule has 0 saturated carbocycles. The fourth-order valence-electron chi connectivity index (χ4n) is 0.485. The van der Waals surface area contributed by atoms with Crippen LogP contribution in [0.2, 0.25) is 0 Å². The highest BCUT2D eigenvalue weighted by Gasteiger charge is 1.96. The highest BCUT2D eigenvalue weighted by atomic mass is 28.3. The first-order valence-electron chi connectivity index (χ1n) is 4.00. The van der Waals surface area contributed by atoms with E-state index in [1.807, 2.05) is 0 Å². The molecule has 1 atom stereocenters. The summed E-state index contributed by atoms with van der Waals surface area (Å²) in [5, 5.41) is 0. The van der Waals surface area contributed by atoms with Gasteiger partial charge in [0.2, 0.25) is 0 Å². The van der Waals surface area contributed by atoms with Crippen LogP contribution in [-0.2, 0) is 8.85 Å². The Morgan fingerprint density at radius 2 is 2.10 bits per heavy atom. The largest absolute Gasteiger partial charge is 0.399 e. The van der Waals surface area contributed by atoms with Gasteiger partial charge in [-0.25, -0.2) is 0 Å². The van der Waals surface area contributed by atoms with E-state index in [9.17, 15) is 0 Å². The van der Waals surface area contributed by atoms with E-state index in [0.29, 0.717) is 6.10 Å². The molecular weight excluding hydrogens is 144 g/mol. The minimum Gasteiger partial charge on any atom is -0.399 e. The lowest BCUT2D eigenvalue weighted by molar-refractivity contribution is 0.165. The molecular formula is C7H18O2Si. The molecule has 0 heterocycles. The zero-order chi connectivity index (χ0) is 7.82. The summed E-state index contributed by atoms with van der Waals surface area (Å²) >= 11 is 0. The van der Waals surface area contributed by atoms with Crippen LogP contribution in [0.5, 0.6) is 0 Å². The average molecular weight is 162 g/mol. The van der Waals surface area contributed by atoms with Crippen molar-refractivity contribution in [2.45, 2.75) is 39.7 Å². The molecule has 0 amide bonds. The average Bonchev–Trinajstić information content (AvgIpc) is 1.98. The SMILES string of the molecule is CCCO[SiH2]OC(C)CC. The highest BCUT2D eigenvalue weighted by molar-refractivity contribution is 6.18. The molecule has 0 aliphatic carbocycles. The summed E-state index contributed by atoms with van der Waals surface area (Å²) in [5.41, 5.74) is 0. The summed E-state index contributed by atoms with van der Waals surface area (Å²) in [6.07, 6.45) is 2.57. The Labute approximate surface area is 66.0 Å². The molecule has 62 valence electrons. The molecule has 3 heteroatoms. The van der Waals surface area contributed by atoms with Crippen molar-refractivity contribution in [3.05, 3.63) is 0 Å². The van der Waals surface area contributed by atoms with Gasteiger partial charge in [-0.05, 0) is 19.8 Å². The van der Waals surface area contributed by atoms with E-state index >= 15 is 0 Å². The molecule has 0 aliphatic rings. The van der Waals surface area contributed by atoms with Gasteiger partial charge in [0, 0.05) is 12.7 Å². The molecule has 0 fully saturated rings. The molecule has 10 heavy (non-hydrogen) atoms. The van der Waals surface area contributed by atoms with E-state index in [1.165, 1.54) is 0 Å². The Hall–Kier alpha value is 0.137. The van der Waals surface area contributed by atoms with Gasteiger partial charge in [-0.3, -0.25) is 0 Å². The molecule has 0 aromatic rings. The van der Waals surface area contributed by atoms with Gasteiger partial charge in [0.25, 0.3) is 0 Å². The van der Waals surface area contributed by atoms with Crippen molar-refractivity contribution in [2.24, 2.45) is 0 Å². The van der Waals surface area contributed by atoms with E-state index in [4.69, 9.17) is 8.85 Å². The Balaban J connectivity index is 2.89. The first-order chi connectivity index (χ1) is 4.81. The van der Waals surface area contributed by atoms with E-state index in [0.717, 1.165) is 19.4 Å². The van der Waals surface area contributed by atoms with E-state index in [2.05, 4.69) is 20.8 Å². The molecule has 0 bridgehead atoms. The van der Waals surface area contributed by atoms with Gasteiger partial charge in [0.1, 0.15) is 0 Å². The monoisotopic (exact) mass is 162 g/mol. The van der Waals surface area contributed by atoms with Gasteiger partial charge in [-0.15, -0.1) is 0 Å². The second-order valence-electron chi connectivity index (χ2n) is 2.41. The normalized spacial score (nSPS) is 14.7. The predicted molar refractivity (Wildman–Crippen MR) is 45.6 cm³/mol. The van der Waals surface area contributed by atoms with Crippen LogP contribution < -0.4 is 0 Å². The zero-order valence-corrected chi connectivity index (χ0v) is 8.64. The second kappa shape index (κ2) is 7.25. The summed E-state index contributed by atoms with van der Waals surface area (Å²) in [4.78, 5) is 0. The highest BCUT2D eigenvalue weighted by Crippen LogP contribution is 1.93. The van der Waals surface area contributed by atoms with E-state index in [-0.39, 0.29) is 0 Å². The number of hydrogen-bond acceptors (Lipinski definition) is 2. The van der Waals surface area contributed by atoms with E-state index in [1.54, 1.807) is 0 Å². The summed E-state index contributed by atoms with van der Waals surface area (Å²) in [6, 6.07) is 0. The minimum absolute atomic E-state index is 0.392. The molecule has 0 aromatic carbocycles. The topological polar surface area (TPSA) is 18.5 Å². The van der Waals surface area contributed by atoms with Crippen molar-refractivity contribution in [1.29, 1.82) is 0 Å². The van der Waals surface area contributed by atoms with Crippen LogP contribution in [0, 0.1) is 0 Å². The third-order valence-corrected chi connectivity index (χ3v) is 2.52. The molecule has 0 spiro atoms. The van der Waals surface area contributed by atoms with Crippen molar-refractivity contribution in [3.63, 3.8) is 0 Å². The maximum absolute atomic E-state index is 5.41. The third kappa shape index (κ3) is 6.26. The minimum atomic E-state index is -0.658. The molecule has 0 aromatic heterocycles. The standard InChI is InChI=1S/C7H18O2Si/c1-4-6-8-10-9-7(3)5-2/h7H,4-6,10H2,1-3H3. The van der Waals surface area contributed by atoms with Crippen LogP contribution in [0.4, 0.5) is 0 Å². The second-order valence-corrected chi connectivity index (χ2v) is 3.39. The Bertz CT molecular complexity index is 68.6. The fraction of sp³-hybridized carbons (Fsp3) is 1.00. The van der Waals surface area contributed by atoms with Gasteiger partial charge in [-0.2, -0.15) is 0 Å². The first-order valence-corrected chi connectivity index (χ1v) is 5.16. The molecule has 0 saturated heterocycles. The quantitative estimate of drug-likeness (QED) is 0.432. The first kappa shape index (κ1) is 10.1. The summed E-state index contributed by atoms with van der Waals surface area (Å²) in [5.74, 6) is 0. The molecule has 0 radical (unpaired) electrons. The number of rotatable bonds is 6. The summed E-state index contributed by atoms with van der Waals surface area (Å²) in [6.45, 7) is 7.18. The molecule has 2 nitrogen and oxygen atoms in total.